The van der Waals surface area contributed by atoms with Crippen LogP contribution < -0.4 is 11.1 Å². The van der Waals surface area contributed by atoms with Crippen molar-refractivity contribution >= 4 is 5.91 Å². The molecule has 0 aromatic heterocycles. The van der Waals surface area contributed by atoms with Crippen molar-refractivity contribution in [2.45, 2.75) is 25.5 Å². The number of nitrogens with two attached hydrogens (primary N) is 1. The van der Waals surface area contributed by atoms with Gasteiger partial charge in [-0.05, 0) is 18.9 Å². The number of carbonyl (C=O) groups excluding carboxylic acids is 1. The van der Waals surface area contributed by atoms with Crippen LogP contribution in [-0.4, -0.2) is 55.7 Å². The maximum absolute atomic E-state index is 12.0. The minimum absolute atomic E-state index is 0.00561. The van der Waals surface area contributed by atoms with Crippen LogP contribution in [0.4, 0.5) is 0 Å². The number of benzene rings is 1. The van der Waals surface area contributed by atoms with Crippen molar-refractivity contribution < 1.29 is 9.53 Å². The van der Waals surface area contributed by atoms with Gasteiger partial charge in [0.1, 0.15) is 0 Å². The Labute approximate surface area is 126 Å². The Hall–Kier alpha value is -1.43. The van der Waals surface area contributed by atoms with Crippen molar-refractivity contribution in [2.24, 2.45) is 5.73 Å². The van der Waals surface area contributed by atoms with Crippen LogP contribution in [0.25, 0.3) is 0 Å². The molecule has 5 nitrogen and oxygen atoms in total. The van der Waals surface area contributed by atoms with E-state index in [0.29, 0.717) is 19.7 Å². The predicted octanol–water partition coefficient (Wildman–Crippen LogP) is 0.393. The molecule has 1 saturated heterocycles. The second-order valence-corrected chi connectivity index (χ2v) is 5.59. The molecule has 116 valence electrons. The average Bonchev–Trinajstić information content (AvgIpc) is 2.48. The third-order valence-corrected chi connectivity index (χ3v) is 3.71. The summed E-state index contributed by atoms with van der Waals surface area (Å²) in [6.07, 6.45) is 0.883. The largest absolute Gasteiger partial charge is 0.374 e. The molecule has 3 N–H and O–H groups in total. The highest BCUT2D eigenvalue weighted by Crippen LogP contribution is 2.07. The number of hydrogen-bond donors (Lipinski definition) is 2. The van der Waals surface area contributed by atoms with Gasteiger partial charge in [0.15, 0.2) is 0 Å². The Kier molecular flexibility index (Phi) is 6.17. The van der Waals surface area contributed by atoms with E-state index in [1.807, 2.05) is 25.1 Å². The molecule has 1 amide bonds. The third-order valence-electron chi connectivity index (χ3n) is 3.71. The minimum Gasteiger partial charge on any atom is -0.374 e. The van der Waals surface area contributed by atoms with Crippen LogP contribution in [0.5, 0.6) is 0 Å². The van der Waals surface area contributed by atoms with Gasteiger partial charge in [0.05, 0.1) is 19.3 Å². The van der Waals surface area contributed by atoms with Crippen LogP contribution in [-0.2, 0) is 16.0 Å². The second kappa shape index (κ2) is 8.12. The van der Waals surface area contributed by atoms with Crippen LogP contribution in [0.2, 0.25) is 0 Å². The summed E-state index contributed by atoms with van der Waals surface area (Å²) in [5.41, 5.74) is 7.09. The first kappa shape index (κ1) is 15.9. The number of nitrogens with one attached hydrogen (secondary N) is 1. The lowest BCUT2D eigenvalue weighted by Crippen LogP contribution is -2.51. The van der Waals surface area contributed by atoms with Crippen molar-refractivity contribution in [1.82, 2.24) is 10.2 Å². The van der Waals surface area contributed by atoms with Crippen molar-refractivity contribution in [3.8, 4) is 0 Å². The molecule has 1 fully saturated rings. The lowest BCUT2D eigenvalue weighted by atomic mass is 10.1. The Balaban J connectivity index is 1.67. The first-order valence-corrected chi connectivity index (χ1v) is 7.55. The fraction of sp³-hybridized carbons (Fsp3) is 0.562. The van der Waals surface area contributed by atoms with Gasteiger partial charge in [0, 0.05) is 25.7 Å². The fourth-order valence-electron chi connectivity index (χ4n) is 2.44. The molecule has 21 heavy (non-hydrogen) atoms. The van der Waals surface area contributed by atoms with E-state index in [2.05, 4.69) is 22.3 Å². The molecule has 2 unspecified atom stereocenters. The highest BCUT2D eigenvalue weighted by molar-refractivity contribution is 5.78. The lowest BCUT2D eigenvalue weighted by Gasteiger charge is -2.34. The summed E-state index contributed by atoms with van der Waals surface area (Å²) in [5, 5.41) is 2.97. The smallest absolute Gasteiger partial charge is 0.234 e. The van der Waals surface area contributed by atoms with Gasteiger partial charge in [0.25, 0.3) is 0 Å². The zero-order valence-electron chi connectivity index (χ0n) is 12.6. The summed E-state index contributed by atoms with van der Waals surface area (Å²) in [5.74, 6) is 0.0660. The molecule has 1 aliphatic heterocycles. The van der Waals surface area contributed by atoms with E-state index < -0.39 is 0 Å². The zero-order chi connectivity index (χ0) is 15.1. The highest BCUT2D eigenvalue weighted by atomic mass is 16.5. The van der Waals surface area contributed by atoms with E-state index in [-0.39, 0.29) is 18.1 Å². The Morgan fingerprint density at radius 2 is 2.24 bits per heavy atom. The molecule has 0 bridgehead atoms. The van der Waals surface area contributed by atoms with Gasteiger partial charge in [0.2, 0.25) is 5.91 Å². The number of carbonyl (C=O) groups is 1. The minimum atomic E-state index is -0.00561. The highest BCUT2D eigenvalue weighted by Gasteiger charge is 2.24. The van der Waals surface area contributed by atoms with Gasteiger partial charge in [-0.15, -0.1) is 0 Å². The van der Waals surface area contributed by atoms with Gasteiger partial charge >= 0.3 is 0 Å². The monoisotopic (exact) mass is 291 g/mol. The molecule has 0 spiro atoms. The molecular formula is C16H25N3O2. The number of nitrogens with zero attached hydrogens (tertiary/aromatic N) is 1. The van der Waals surface area contributed by atoms with Crippen LogP contribution in [0.1, 0.15) is 12.5 Å². The summed E-state index contributed by atoms with van der Waals surface area (Å²) in [4.78, 5) is 14.1. The fourth-order valence-corrected chi connectivity index (χ4v) is 2.44. The molecule has 1 aliphatic rings. The number of rotatable bonds is 6. The van der Waals surface area contributed by atoms with E-state index in [1.54, 1.807) is 0 Å². The third kappa shape index (κ3) is 5.46. The molecular weight excluding hydrogens is 266 g/mol. The maximum Gasteiger partial charge on any atom is 0.234 e. The number of morpholine rings is 1. The molecule has 2 atom stereocenters. The molecule has 0 saturated carbocycles. The van der Waals surface area contributed by atoms with Gasteiger partial charge in [-0.3, -0.25) is 9.69 Å². The predicted molar refractivity (Wildman–Crippen MR) is 83.0 cm³/mol. The summed E-state index contributed by atoms with van der Waals surface area (Å²) in [6.45, 7) is 5.18. The number of hydrogen-bond acceptors (Lipinski definition) is 4. The SMILES string of the molecule is CC(N)C1CN(CC(=O)NCCc2ccccc2)CCO1. The second-order valence-electron chi connectivity index (χ2n) is 5.59. The van der Waals surface area contributed by atoms with E-state index >= 15 is 0 Å². The van der Waals surface area contributed by atoms with Gasteiger partial charge in [-0.2, -0.15) is 0 Å². The van der Waals surface area contributed by atoms with E-state index in [0.717, 1.165) is 19.5 Å². The number of amides is 1. The Morgan fingerprint density at radius 3 is 2.95 bits per heavy atom. The van der Waals surface area contributed by atoms with E-state index in [1.165, 1.54) is 5.56 Å². The topological polar surface area (TPSA) is 67.6 Å². The van der Waals surface area contributed by atoms with E-state index in [9.17, 15) is 4.79 Å². The summed E-state index contributed by atoms with van der Waals surface area (Å²) in [7, 11) is 0. The molecule has 5 heteroatoms. The summed E-state index contributed by atoms with van der Waals surface area (Å²) in [6, 6.07) is 10.2. The molecule has 0 radical (unpaired) electrons. The van der Waals surface area contributed by atoms with Crippen molar-refractivity contribution in [3.05, 3.63) is 35.9 Å². The van der Waals surface area contributed by atoms with Crippen molar-refractivity contribution in [2.75, 3.05) is 32.8 Å². The van der Waals surface area contributed by atoms with Crippen molar-refractivity contribution in [3.63, 3.8) is 0 Å². The quantitative estimate of drug-likeness (QED) is 0.796. The summed E-state index contributed by atoms with van der Waals surface area (Å²) >= 11 is 0. The van der Waals surface area contributed by atoms with Crippen LogP contribution in [0, 0.1) is 0 Å². The summed E-state index contributed by atoms with van der Waals surface area (Å²) < 4.78 is 5.59. The molecule has 1 aromatic carbocycles. The van der Waals surface area contributed by atoms with Gasteiger partial charge in [-0.1, -0.05) is 30.3 Å². The maximum atomic E-state index is 12.0. The number of ether oxygens (including phenoxy) is 1. The van der Waals surface area contributed by atoms with Crippen LogP contribution in [0.3, 0.4) is 0 Å². The molecule has 1 aromatic rings. The van der Waals surface area contributed by atoms with Gasteiger partial charge < -0.3 is 15.8 Å². The first-order chi connectivity index (χ1) is 10.1. The van der Waals surface area contributed by atoms with E-state index in [4.69, 9.17) is 10.5 Å². The first-order valence-electron chi connectivity index (χ1n) is 7.55. The van der Waals surface area contributed by atoms with Gasteiger partial charge in [-0.25, -0.2) is 0 Å². The van der Waals surface area contributed by atoms with Crippen molar-refractivity contribution in [1.29, 1.82) is 0 Å². The standard InChI is InChI=1S/C16H25N3O2/c1-13(17)15-11-19(9-10-21-15)12-16(20)18-8-7-14-5-3-2-4-6-14/h2-6,13,15H,7-12,17H2,1H3,(H,18,20). The zero-order valence-corrected chi connectivity index (χ0v) is 12.6. The Morgan fingerprint density at radius 1 is 1.48 bits per heavy atom. The van der Waals surface area contributed by atoms with Crippen LogP contribution >= 0.6 is 0 Å². The average molecular weight is 291 g/mol. The molecule has 2 rings (SSSR count). The Bertz CT molecular complexity index is 436. The molecule has 1 heterocycles. The normalized spacial score (nSPS) is 21.0. The van der Waals surface area contributed by atoms with Crippen LogP contribution in [0.15, 0.2) is 30.3 Å². The molecule has 0 aliphatic carbocycles. The lowest BCUT2D eigenvalue weighted by molar-refractivity contribution is -0.124.